The highest BCUT2D eigenvalue weighted by Gasteiger charge is 2.45. The molecule has 2 aliphatic heterocycles. The van der Waals surface area contributed by atoms with Crippen LogP contribution >= 0.6 is 0 Å². The van der Waals surface area contributed by atoms with Gasteiger partial charge in [0.1, 0.15) is 17.5 Å². The Morgan fingerprint density at radius 1 is 0.500 bits per heavy atom. The van der Waals surface area contributed by atoms with E-state index in [0.717, 1.165) is 50.7 Å². The van der Waals surface area contributed by atoms with E-state index in [0.29, 0.717) is 35.1 Å². The molecule has 4 aliphatic rings. The van der Waals surface area contributed by atoms with Gasteiger partial charge in [0.15, 0.2) is 17.5 Å². The zero-order valence-electron chi connectivity index (χ0n) is 28.0. The summed E-state index contributed by atoms with van der Waals surface area (Å²) in [7, 11) is 0. The van der Waals surface area contributed by atoms with Gasteiger partial charge in [-0.15, -0.1) is 0 Å². The van der Waals surface area contributed by atoms with Crippen molar-refractivity contribution in [1.29, 1.82) is 0 Å². The summed E-state index contributed by atoms with van der Waals surface area (Å²) in [5.74, 6) is -0.224. The molecule has 8 rings (SSSR count). The number of halogens is 4. The molecule has 0 fully saturated rings. The largest absolute Gasteiger partial charge is 0.295 e. The molecule has 0 amide bonds. The van der Waals surface area contributed by atoms with Crippen molar-refractivity contribution < 1.29 is 17.6 Å². The predicted molar refractivity (Wildman–Crippen MR) is 192 cm³/mol. The maximum absolute atomic E-state index is 14.6. The van der Waals surface area contributed by atoms with Crippen molar-refractivity contribution >= 4 is 34.1 Å². The SMILES string of the molecule is Cc1cc2c(cc1C)N(c1ccc(F)cc1)/C(=C1/N(C3=CC=C(F)CC3)c3cc(C)c(C)cc3N1c1ccc(F)cc1)N2C1=C=C=C(F)C=C1. The minimum atomic E-state index is -0.548. The molecule has 4 nitrogen and oxygen atoms in total. The second kappa shape index (κ2) is 11.9. The lowest BCUT2D eigenvalue weighted by atomic mass is 10.1. The molecule has 4 aromatic carbocycles. The number of benzene rings is 4. The number of fused-ring (bicyclic) bond motifs is 2. The van der Waals surface area contributed by atoms with E-state index in [2.05, 4.69) is 50.4 Å². The molecule has 0 radical (unpaired) electrons. The van der Waals surface area contributed by atoms with E-state index < -0.39 is 5.83 Å². The first-order chi connectivity index (χ1) is 24.1. The summed E-state index contributed by atoms with van der Waals surface area (Å²) in [5.41, 5.74) is 15.9. The van der Waals surface area contributed by atoms with Gasteiger partial charge < -0.3 is 0 Å². The number of anilines is 6. The Morgan fingerprint density at radius 3 is 1.40 bits per heavy atom. The zero-order chi connectivity index (χ0) is 34.8. The molecular formula is C42H32F4N4. The molecule has 0 saturated heterocycles. The van der Waals surface area contributed by atoms with Gasteiger partial charge in [-0.1, -0.05) is 0 Å². The molecule has 2 aliphatic carbocycles. The van der Waals surface area contributed by atoms with Gasteiger partial charge in [0.05, 0.1) is 28.4 Å². The highest BCUT2D eigenvalue weighted by atomic mass is 19.1. The fraction of sp³-hybridized carbons (Fsp3) is 0.143. The Bertz CT molecular complexity index is 2330. The summed E-state index contributed by atoms with van der Waals surface area (Å²) in [5, 5.41) is 0. The van der Waals surface area contributed by atoms with Crippen molar-refractivity contribution in [3.63, 3.8) is 0 Å². The Labute approximate surface area is 288 Å². The molecule has 0 spiro atoms. The number of rotatable bonds is 4. The lowest BCUT2D eigenvalue weighted by molar-refractivity contribution is 0.579. The molecular weight excluding hydrogens is 636 g/mol. The summed E-state index contributed by atoms with van der Waals surface area (Å²) in [6, 6.07) is 21.0. The van der Waals surface area contributed by atoms with Gasteiger partial charge in [-0.3, -0.25) is 19.6 Å². The van der Waals surface area contributed by atoms with Crippen LogP contribution in [0.25, 0.3) is 0 Å². The van der Waals surface area contributed by atoms with Gasteiger partial charge in [-0.2, -0.15) is 4.39 Å². The predicted octanol–water partition coefficient (Wildman–Crippen LogP) is 11.5. The first-order valence-corrected chi connectivity index (χ1v) is 16.4. The van der Waals surface area contributed by atoms with Gasteiger partial charge in [-0.05, 0) is 165 Å². The van der Waals surface area contributed by atoms with Crippen molar-refractivity contribution in [2.75, 3.05) is 19.6 Å². The summed E-state index contributed by atoms with van der Waals surface area (Å²) in [6.45, 7) is 8.16. The first kappa shape index (κ1) is 31.3. The molecule has 2 heterocycles. The van der Waals surface area contributed by atoms with E-state index in [1.54, 1.807) is 36.4 Å². The molecule has 248 valence electrons. The highest BCUT2D eigenvalue weighted by molar-refractivity contribution is 5.98. The van der Waals surface area contributed by atoms with Crippen LogP contribution in [-0.4, -0.2) is 0 Å². The third kappa shape index (κ3) is 5.09. The second-order valence-corrected chi connectivity index (χ2v) is 12.9. The summed E-state index contributed by atoms with van der Waals surface area (Å²) >= 11 is 0. The van der Waals surface area contributed by atoms with Crippen LogP contribution in [0.4, 0.5) is 51.7 Å². The van der Waals surface area contributed by atoms with Crippen LogP contribution in [0.15, 0.2) is 143 Å². The smallest absolute Gasteiger partial charge is 0.173 e. The maximum Gasteiger partial charge on any atom is 0.173 e. The van der Waals surface area contributed by atoms with Gasteiger partial charge in [0, 0.05) is 23.5 Å². The fourth-order valence-electron chi connectivity index (χ4n) is 6.86. The van der Waals surface area contributed by atoms with Crippen LogP contribution in [0.5, 0.6) is 0 Å². The summed E-state index contributed by atoms with van der Waals surface area (Å²) in [6.07, 6.45) is 6.94. The average Bonchev–Trinajstić information content (AvgIpc) is 3.58. The monoisotopic (exact) mass is 668 g/mol. The van der Waals surface area contributed by atoms with Crippen molar-refractivity contribution in [3.8, 4) is 0 Å². The second-order valence-electron chi connectivity index (χ2n) is 12.9. The minimum absolute atomic E-state index is 0.205. The van der Waals surface area contributed by atoms with Crippen LogP contribution in [-0.2, 0) is 0 Å². The molecule has 0 atom stereocenters. The quantitative estimate of drug-likeness (QED) is 0.158. The van der Waals surface area contributed by atoms with E-state index in [-0.39, 0.29) is 23.9 Å². The minimum Gasteiger partial charge on any atom is -0.295 e. The van der Waals surface area contributed by atoms with Crippen LogP contribution in [0.1, 0.15) is 35.1 Å². The van der Waals surface area contributed by atoms with Crippen LogP contribution in [0.3, 0.4) is 0 Å². The van der Waals surface area contributed by atoms with Gasteiger partial charge >= 0.3 is 0 Å². The van der Waals surface area contributed by atoms with Crippen molar-refractivity contribution in [1.82, 2.24) is 0 Å². The molecule has 0 unspecified atom stereocenters. The van der Waals surface area contributed by atoms with Crippen molar-refractivity contribution in [2.24, 2.45) is 0 Å². The van der Waals surface area contributed by atoms with Gasteiger partial charge in [0.2, 0.25) is 0 Å². The Hall–Kier alpha value is -5.94. The Balaban J connectivity index is 1.56. The number of nitrogens with zero attached hydrogens (tertiary/aromatic N) is 4. The Kier molecular flexibility index (Phi) is 7.45. The third-order valence-electron chi connectivity index (χ3n) is 9.66. The molecule has 4 aromatic rings. The van der Waals surface area contributed by atoms with E-state index in [9.17, 15) is 17.6 Å². The molecule has 50 heavy (non-hydrogen) atoms. The normalized spacial score (nSPS) is 17.9. The molecule has 0 N–H and O–H groups in total. The standard InChI is InChI=1S/C42H32F4N4/c1-25-21-37-38(22-26(25)2)48(34-15-7-30(44)8-16-34)41(47(37)33-13-5-29(43)6-14-33)42-49(35-17-9-31(45)10-18-35)39-23-27(3)28(4)24-40(39)50(42)36-19-11-32(46)12-20-36/h5-7,9-11,13-15,17-19,21-24H,8,16H2,1-4H3/b42-41-. The molecule has 0 saturated carbocycles. The highest BCUT2D eigenvalue weighted by Crippen LogP contribution is 2.56. The topological polar surface area (TPSA) is 13.0 Å². The number of allylic oxidation sites excluding steroid dienone is 7. The van der Waals surface area contributed by atoms with E-state index in [1.807, 2.05) is 32.6 Å². The third-order valence-corrected chi connectivity index (χ3v) is 9.66. The zero-order valence-corrected chi connectivity index (χ0v) is 28.0. The number of aryl methyl sites for hydroxylation is 4. The maximum atomic E-state index is 14.6. The lowest BCUT2D eigenvalue weighted by Gasteiger charge is -2.35. The van der Waals surface area contributed by atoms with E-state index in [1.165, 1.54) is 36.4 Å². The fourth-order valence-corrected chi connectivity index (χ4v) is 6.86. The van der Waals surface area contributed by atoms with Crippen molar-refractivity contribution in [2.45, 2.75) is 40.5 Å². The van der Waals surface area contributed by atoms with Crippen LogP contribution < -0.4 is 19.6 Å². The average molecular weight is 669 g/mol. The summed E-state index contributed by atoms with van der Waals surface area (Å²) < 4.78 is 58.0. The molecule has 0 bridgehead atoms. The van der Waals surface area contributed by atoms with E-state index in [4.69, 9.17) is 0 Å². The lowest BCUT2D eigenvalue weighted by Crippen LogP contribution is -2.36. The van der Waals surface area contributed by atoms with Gasteiger partial charge in [0.25, 0.3) is 0 Å². The first-order valence-electron chi connectivity index (χ1n) is 16.4. The van der Waals surface area contributed by atoms with Crippen molar-refractivity contribution in [3.05, 3.63) is 177 Å². The molecule has 8 heteroatoms. The molecule has 0 aromatic heterocycles. The van der Waals surface area contributed by atoms with Gasteiger partial charge in [-0.25, -0.2) is 13.2 Å². The number of hydrogen-bond donors (Lipinski definition) is 0. The van der Waals surface area contributed by atoms with Crippen LogP contribution in [0, 0.1) is 39.3 Å². The van der Waals surface area contributed by atoms with Crippen LogP contribution in [0.2, 0.25) is 0 Å². The Morgan fingerprint density at radius 2 is 0.960 bits per heavy atom. The summed E-state index contributed by atoms with van der Waals surface area (Å²) in [4.78, 5) is 8.27. The number of hydrogen-bond acceptors (Lipinski definition) is 4. The van der Waals surface area contributed by atoms with E-state index >= 15 is 0 Å².